The van der Waals surface area contributed by atoms with Crippen molar-refractivity contribution in [2.45, 2.75) is 19.4 Å². The third-order valence-corrected chi connectivity index (χ3v) is 3.90. The van der Waals surface area contributed by atoms with Crippen LogP contribution in [0, 0.1) is 0 Å². The lowest BCUT2D eigenvalue weighted by Crippen LogP contribution is -2.27. The molecule has 0 saturated carbocycles. The molecule has 2 aromatic carbocycles. The molecule has 0 saturated heterocycles. The van der Waals surface area contributed by atoms with Crippen molar-refractivity contribution in [2.24, 2.45) is 0 Å². The van der Waals surface area contributed by atoms with E-state index in [1.165, 1.54) is 11.1 Å². The van der Waals surface area contributed by atoms with Gasteiger partial charge in [0.2, 0.25) is 0 Å². The highest BCUT2D eigenvalue weighted by molar-refractivity contribution is 5.54. The summed E-state index contributed by atoms with van der Waals surface area (Å²) < 4.78 is 5.18. The molecule has 2 rings (SSSR count). The Kier molecular flexibility index (Phi) is 6.91. The highest BCUT2D eigenvalue weighted by Crippen LogP contribution is 2.22. The molecule has 0 fully saturated rings. The van der Waals surface area contributed by atoms with Gasteiger partial charge in [-0.15, -0.1) is 0 Å². The van der Waals surface area contributed by atoms with Crippen LogP contribution in [0.4, 0.5) is 5.69 Å². The highest BCUT2D eigenvalue weighted by atomic mass is 16.5. The Morgan fingerprint density at radius 2 is 1.83 bits per heavy atom. The Labute approximate surface area is 138 Å². The van der Waals surface area contributed by atoms with Gasteiger partial charge >= 0.3 is 0 Å². The van der Waals surface area contributed by atoms with Crippen LogP contribution in [0.3, 0.4) is 0 Å². The average Bonchev–Trinajstić information content (AvgIpc) is 2.56. The fraction of sp³-hybridized carbons (Fsp3) is 0.368. The summed E-state index contributed by atoms with van der Waals surface area (Å²) in [5.74, 6) is 0.722. The summed E-state index contributed by atoms with van der Waals surface area (Å²) in [5.41, 5.74) is 9.11. The third kappa shape index (κ3) is 5.58. The van der Waals surface area contributed by atoms with E-state index in [0.29, 0.717) is 12.2 Å². The number of ether oxygens (including phenoxy) is 1. The van der Waals surface area contributed by atoms with Crippen LogP contribution in [0.25, 0.3) is 0 Å². The minimum atomic E-state index is 0.183. The number of nitrogens with two attached hydrogens (primary N) is 1. The molecule has 4 nitrogen and oxygen atoms in total. The first-order valence-corrected chi connectivity index (χ1v) is 8.02. The van der Waals surface area contributed by atoms with Crippen molar-refractivity contribution < 1.29 is 9.84 Å². The van der Waals surface area contributed by atoms with Crippen molar-refractivity contribution >= 4 is 5.69 Å². The molecule has 0 aliphatic heterocycles. The largest absolute Gasteiger partial charge is 0.495 e. The van der Waals surface area contributed by atoms with Crippen LogP contribution in [-0.2, 0) is 13.0 Å². The summed E-state index contributed by atoms with van der Waals surface area (Å²) in [6.07, 6.45) is 1.99. The van der Waals surface area contributed by atoms with E-state index in [1.54, 1.807) is 7.11 Å². The predicted molar refractivity (Wildman–Crippen MR) is 94.5 cm³/mol. The lowest BCUT2D eigenvalue weighted by Gasteiger charge is -2.21. The summed E-state index contributed by atoms with van der Waals surface area (Å²) in [7, 11) is 1.63. The van der Waals surface area contributed by atoms with Gasteiger partial charge in [0, 0.05) is 13.1 Å². The number of methoxy groups -OCH3 is 1. The Hall–Kier alpha value is -2.04. The quantitative estimate of drug-likeness (QED) is 0.699. The van der Waals surface area contributed by atoms with Crippen LogP contribution in [0.2, 0.25) is 0 Å². The lowest BCUT2D eigenvalue weighted by molar-refractivity contribution is 0.189. The van der Waals surface area contributed by atoms with Crippen LogP contribution < -0.4 is 10.5 Å². The number of nitrogens with zero attached hydrogens (tertiary/aromatic N) is 1. The van der Waals surface area contributed by atoms with Gasteiger partial charge in [-0.3, -0.25) is 4.90 Å². The van der Waals surface area contributed by atoms with E-state index in [-0.39, 0.29) is 6.61 Å². The molecule has 0 bridgehead atoms. The molecule has 0 aromatic heterocycles. The molecule has 0 amide bonds. The van der Waals surface area contributed by atoms with Crippen molar-refractivity contribution in [3.05, 3.63) is 59.7 Å². The molecule has 0 radical (unpaired) electrons. The molecule has 0 aliphatic rings. The summed E-state index contributed by atoms with van der Waals surface area (Å²) in [6, 6.07) is 16.3. The number of hydrogen-bond acceptors (Lipinski definition) is 4. The van der Waals surface area contributed by atoms with Crippen LogP contribution in [-0.4, -0.2) is 36.8 Å². The molecular formula is C19H26N2O2. The van der Waals surface area contributed by atoms with Gasteiger partial charge in [-0.05, 0) is 42.6 Å². The predicted octanol–water partition coefficient (Wildman–Crippen LogP) is 2.70. The zero-order valence-electron chi connectivity index (χ0n) is 13.7. The van der Waals surface area contributed by atoms with Gasteiger partial charge < -0.3 is 15.6 Å². The maximum absolute atomic E-state index is 9.25. The standard InChI is InChI=1S/C19H26N2O2/c1-23-19-10-9-16(14-18(19)20)8-5-11-21(12-13-22)15-17-6-3-2-4-7-17/h2-4,6-7,9-10,14,22H,5,8,11-13,15,20H2,1H3. The number of aliphatic hydroxyl groups excluding tert-OH is 1. The normalized spacial score (nSPS) is 10.9. The van der Waals surface area contributed by atoms with Crippen molar-refractivity contribution in [2.75, 3.05) is 32.5 Å². The molecular weight excluding hydrogens is 288 g/mol. The molecule has 3 N–H and O–H groups in total. The van der Waals surface area contributed by atoms with Gasteiger partial charge in [0.15, 0.2) is 0 Å². The van der Waals surface area contributed by atoms with Crippen molar-refractivity contribution in [1.29, 1.82) is 0 Å². The van der Waals surface area contributed by atoms with Crippen molar-refractivity contribution in [3.8, 4) is 5.75 Å². The molecule has 4 heteroatoms. The van der Waals surface area contributed by atoms with E-state index in [1.807, 2.05) is 30.3 Å². The van der Waals surface area contributed by atoms with Crippen LogP contribution in [0.5, 0.6) is 5.75 Å². The third-order valence-electron chi connectivity index (χ3n) is 3.90. The highest BCUT2D eigenvalue weighted by Gasteiger charge is 2.06. The van der Waals surface area contributed by atoms with E-state index < -0.39 is 0 Å². The number of hydrogen-bond donors (Lipinski definition) is 2. The monoisotopic (exact) mass is 314 g/mol. The fourth-order valence-corrected chi connectivity index (χ4v) is 2.70. The number of aryl methyl sites for hydroxylation is 1. The summed E-state index contributed by atoms with van der Waals surface area (Å²) >= 11 is 0. The van der Waals surface area contributed by atoms with Crippen LogP contribution in [0.15, 0.2) is 48.5 Å². The smallest absolute Gasteiger partial charge is 0.141 e. The Bertz CT molecular complexity index is 587. The maximum Gasteiger partial charge on any atom is 0.141 e. The second-order valence-corrected chi connectivity index (χ2v) is 5.67. The number of rotatable bonds is 9. The number of benzene rings is 2. The average molecular weight is 314 g/mol. The van der Waals surface area contributed by atoms with Gasteiger partial charge in [-0.25, -0.2) is 0 Å². The molecule has 0 atom stereocenters. The molecule has 124 valence electrons. The number of aliphatic hydroxyl groups is 1. The summed E-state index contributed by atoms with van der Waals surface area (Å²) in [6.45, 7) is 2.69. The summed E-state index contributed by atoms with van der Waals surface area (Å²) in [5, 5.41) is 9.25. The van der Waals surface area contributed by atoms with Gasteiger partial charge in [-0.2, -0.15) is 0 Å². The molecule has 0 unspecified atom stereocenters. The Balaban J connectivity index is 1.85. The van der Waals surface area contributed by atoms with Crippen LogP contribution >= 0.6 is 0 Å². The summed E-state index contributed by atoms with van der Waals surface area (Å²) in [4.78, 5) is 2.28. The van der Waals surface area contributed by atoms with Crippen LogP contribution in [0.1, 0.15) is 17.5 Å². The van der Waals surface area contributed by atoms with E-state index in [9.17, 15) is 5.11 Å². The molecule has 0 spiro atoms. The Morgan fingerprint density at radius 3 is 2.48 bits per heavy atom. The molecule has 0 heterocycles. The minimum Gasteiger partial charge on any atom is -0.495 e. The first kappa shape index (κ1) is 17.3. The van der Waals surface area contributed by atoms with Crippen molar-refractivity contribution in [3.63, 3.8) is 0 Å². The van der Waals surface area contributed by atoms with E-state index >= 15 is 0 Å². The molecule has 23 heavy (non-hydrogen) atoms. The maximum atomic E-state index is 9.25. The zero-order chi connectivity index (χ0) is 16.5. The van der Waals surface area contributed by atoms with Gasteiger partial charge in [0.05, 0.1) is 19.4 Å². The SMILES string of the molecule is COc1ccc(CCCN(CCO)Cc2ccccc2)cc1N. The Morgan fingerprint density at radius 1 is 1.04 bits per heavy atom. The number of anilines is 1. The van der Waals surface area contributed by atoms with E-state index in [2.05, 4.69) is 23.1 Å². The van der Waals surface area contributed by atoms with Gasteiger partial charge in [0.25, 0.3) is 0 Å². The lowest BCUT2D eigenvalue weighted by atomic mass is 10.1. The van der Waals surface area contributed by atoms with Gasteiger partial charge in [-0.1, -0.05) is 36.4 Å². The first-order chi connectivity index (χ1) is 11.2. The van der Waals surface area contributed by atoms with E-state index in [0.717, 1.165) is 31.7 Å². The minimum absolute atomic E-state index is 0.183. The number of nitrogen functional groups attached to an aromatic ring is 1. The molecule has 0 aliphatic carbocycles. The second-order valence-electron chi connectivity index (χ2n) is 5.67. The first-order valence-electron chi connectivity index (χ1n) is 8.02. The second kappa shape index (κ2) is 9.18. The van der Waals surface area contributed by atoms with Gasteiger partial charge in [0.1, 0.15) is 5.75 Å². The van der Waals surface area contributed by atoms with E-state index in [4.69, 9.17) is 10.5 Å². The topological polar surface area (TPSA) is 58.7 Å². The van der Waals surface area contributed by atoms with Crippen molar-refractivity contribution in [1.82, 2.24) is 4.90 Å². The zero-order valence-corrected chi connectivity index (χ0v) is 13.7. The fourth-order valence-electron chi connectivity index (χ4n) is 2.70. The molecule has 2 aromatic rings.